The van der Waals surface area contributed by atoms with E-state index in [0.717, 1.165) is 31.9 Å². The highest BCUT2D eigenvalue weighted by Gasteiger charge is 2.22. The van der Waals surface area contributed by atoms with Crippen LogP contribution >= 0.6 is 12.2 Å². The standard InChI is InChI=1S/C14H21N3OS/c1-11(12-3-5-13(18-2)6-4-12)16-7-9-17(10-8-16)14(15)19/h3-6,11H,7-10H2,1-2H3,(H2,15,19)/t11-/m0/s1. The summed E-state index contributed by atoms with van der Waals surface area (Å²) in [5.74, 6) is 0.897. The predicted molar refractivity (Wildman–Crippen MR) is 81.3 cm³/mol. The maximum atomic E-state index is 5.66. The second-order valence-electron chi connectivity index (χ2n) is 4.81. The molecule has 1 saturated heterocycles. The molecule has 1 aromatic rings. The van der Waals surface area contributed by atoms with Crippen molar-refractivity contribution < 1.29 is 4.74 Å². The van der Waals surface area contributed by atoms with Crippen LogP contribution in [0.5, 0.6) is 5.75 Å². The van der Waals surface area contributed by atoms with Crippen molar-refractivity contribution >= 4 is 17.3 Å². The Morgan fingerprint density at radius 3 is 2.26 bits per heavy atom. The molecule has 0 spiro atoms. The van der Waals surface area contributed by atoms with Gasteiger partial charge in [0.25, 0.3) is 0 Å². The van der Waals surface area contributed by atoms with Crippen molar-refractivity contribution in [3.8, 4) is 5.75 Å². The van der Waals surface area contributed by atoms with Crippen LogP contribution in [0, 0.1) is 0 Å². The lowest BCUT2D eigenvalue weighted by Gasteiger charge is -2.38. The summed E-state index contributed by atoms with van der Waals surface area (Å²) in [6.45, 7) is 6.04. The number of nitrogens with zero attached hydrogens (tertiary/aromatic N) is 2. The predicted octanol–water partition coefficient (Wildman–Crippen LogP) is 1.62. The molecule has 1 heterocycles. The van der Waals surface area contributed by atoms with Gasteiger partial charge in [-0.2, -0.15) is 0 Å². The van der Waals surface area contributed by atoms with Crippen LogP contribution < -0.4 is 10.5 Å². The van der Waals surface area contributed by atoms with Crippen LogP contribution in [0.25, 0.3) is 0 Å². The Morgan fingerprint density at radius 1 is 1.21 bits per heavy atom. The first kappa shape index (κ1) is 14.1. The van der Waals surface area contributed by atoms with Crippen LogP contribution in [0.1, 0.15) is 18.5 Å². The second kappa shape index (κ2) is 6.21. The van der Waals surface area contributed by atoms with Gasteiger partial charge in [-0.25, -0.2) is 0 Å². The Hall–Kier alpha value is -1.33. The van der Waals surface area contributed by atoms with Gasteiger partial charge in [0.15, 0.2) is 5.11 Å². The lowest BCUT2D eigenvalue weighted by molar-refractivity contribution is 0.141. The van der Waals surface area contributed by atoms with E-state index in [4.69, 9.17) is 22.7 Å². The van der Waals surface area contributed by atoms with Gasteiger partial charge in [-0.15, -0.1) is 0 Å². The molecule has 1 atom stereocenters. The topological polar surface area (TPSA) is 41.7 Å². The highest BCUT2D eigenvalue weighted by molar-refractivity contribution is 7.80. The van der Waals surface area contributed by atoms with E-state index in [1.807, 2.05) is 12.1 Å². The van der Waals surface area contributed by atoms with Gasteiger partial charge in [0, 0.05) is 32.2 Å². The van der Waals surface area contributed by atoms with E-state index in [1.54, 1.807) is 7.11 Å². The average molecular weight is 279 g/mol. The first-order valence-corrected chi connectivity index (χ1v) is 6.95. The molecule has 5 heteroatoms. The number of rotatable bonds is 3. The molecule has 104 valence electrons. The van der Waals surface area contributed by atoms with Crippen LogP contribution in [-0.2, 0) is 0 Å². The van der Waals surface area contributed by atoms with Crippen molar-refractivity contribution in [2.24, 2.45) is 5.73 Å². The molecular formula is C14H21N3OS. The summed E-state index contributed by atoms with van der Waals surface area (Å²) in [4.78, 5) is 4.52. The average Bonchev–Trinajstić information content (AvgIpc) is 2.46. The molecule has 0 unspecified atom stereocenters. The van der Waals surface area contributed by atoms with Gasteiger partial charge in [-0.1, -0.05) is 12.1 Å². The highest BCUT2D eigenvalue weighted by Crippen LogP contribution is 2.23. The zero-order valence-corrected chi connectivity index (χ0v) is 12.3. The molecule has 1 aromatic carbocycles. The molecule has 4 nitrogen and oxygen atoms in total. The van der Waals surface area contributed by atoms with Crippen molar-refractivity contribution in [1.29, 1.82) is 0 Å². The van der Waals surface area contributed by atoms with Crippen LogP contribution in [0.2, 0.25) is 0 Å². The highest BCUT2D eigenvalue weighted by atomic mass is 32.1. The Kier molecular flexibility index (Phi) is 4.61. The van der Waals surface area contributed by atoms with Gasteiger partial charge in [-0.3, -0.25) is 4.90 Å². The van der Waals surface area contributed by atoms with Gasteiger partial charge in [0.2, 0.25) is 0 Å². The first-order chi connectivity index (χ1) is 9.11. The summed E-state index contributed by atoms with van der Waals surface area (Å²) < 4.78 is 5.19. The van der Waals surface area contributed by atoms with Crippen LogP contribution in [0.15, 0.2) is 24.3 Å². The number of benzene rings is 1. The molecule has 0 saturated carbocycles. The molecule has 0 aromatic heterocycles. The zero-order valence-electron chi connectivity index (χ0n) is 11.5. The van der Waals surface area contributed by atoms with Crippen LogP contribution in [0.3, 0.4) is 0 Å². The molecule has 0 bridgehead atoms. The molecule has 2 N–H and O–H groups in total. The van der Waals surface area contributed by atoms with E-state index in [1.165, 1.54) is 5.56 Å². The molecule has 0 aliphatic carbocycles. The number of piperazine rings is 1. The summed E-state index contributed by atoms with van der Waals surface area (Å²) >= 11 is 5.01. The lowest BCUT2D eigenvalue weighted by atomic mass is 10.1. The van der Waals surface area contributed by atoms with E-state index in [9.17, 15) is 0 Å². The first-order valence-electron chi connectivity index (χ1n) is 6.54. The summed E-state index contributed by atoms with van der Waals surface area (Å²) in [6.07, 6.45) is 0. The summed E-state index contributed by atoms with van der Waals surface area (Å²) in [7, 11) is 1.69. The third kappa shape index (κ3) is 3.36. The summed E-state index contributed by atoms with van der Waals surface area (Å²) in [5, 5.41) is 0.511. The monoisotopic (exact) mass is 279 g/mol. The Balaban J connectivity index is 1.96. The molecule has 1 fully saturated rings. The number of ether oxygens (including phenoxy) is 1. The third-order valence-corrected chi connectivity index (χ3v) is 4.03. The second-order valence-corrected chi connectivity index (χ2v) is 5.23. The smallest absolute Gasteiger partial charge is 0.166 e. The fraction of sp³-hybridized carbons (Fsp3) is 0.500. The van der Waals surface area contributed by atoms with Crippen molar-refractivity contribution in [2.45, 2.75) is 13.0 Å². The van der Waals surface area contributed by atoms with Crippen molar-refractivity contribution in [2.75, 3.05) is 33.3 Å². The van der Waals surface area contributed by atoms with E-state index in [0.29, 0.717) is 11.2 Å². The number of nitrogens with two attached hydrogens (primary N) is 1. The number of hydrogen-bond acceptors (Lipinski definition) is 3. The van der Waals surface area contributed by atoms with E-state index >= 15 is 0 Å². The van der Waals surface area contributed by atoms with Gasteiger partial charge < -0.3 is 15.4 Å². The molecule has 1 aliphatic heterocycles. The van der Waals surface area contributed by atoms with Crippen molar-refractivity contribution in [3.05, 3.63) is 29.8 Å². The zero-order chi connectivity index (χ0) is 13.8. The lowest BCUT2D eigenvalue weighted by Crippen LogP contribution is -2.50. The Labute approximate surface area is 120 Å². The maximum Gasteiger partial charge on any atom is 0.166 e. The molecular weight excluding hydrogens is 258 g/mol. The van der Waals surface area contributed by atoms with Crippen LogP contribution in [-0.4, -0.2) is 48.2 Å². The van der Waals surface area contributed by atoms with Gasteiger partial charge in [-0.05, 0) is 36.8 Å². The number of hydrogen-bond donors (Lipinski definition) is 1. The minimum atomic E-state index is 0.402. The van der Waals surface area contributed by atoms with Crippen molar-refractivity contribution in [1.82, 2.24) is 9.80 Å². The SMILES string of the molecule is COc1ccc([C@H](C)N2CCN(C(N)=S)CC2)cc1. The minimum absolute atomic E-state index is 0.402. The quantitative estimate of drug-likeness (QED) is 0.852. The molecule has 2 rings (SSSR count). The van der Waals surface area contributed by atoms with Gasteiger partial charge in [0.1, 0.15) is 5.75 Å². The van der Waals surface area contributed by atoms with Crippen LogP contribution in [0.4, 0.5) is 0 Å². The Bertz CT molecular complexity index is 427. The molecule has 19 heavy (non-hydrogen) atoms. The fourth-order valence-electron chi connectivity index (χ4n) is 2.42. The molecule has 0 amide bonds. The van der Waals surface area contributed by atoms with Crippen molar-refractivity contribution in [3.63, 3.8) is 0 Å². The van der Waals surface area contributed by atoms with Gasteiger partial charge >= 0.3 is 0 Å². The Morgan fingerprint density at radius 2 is 1.79 bits per heavy atom. The summed E-state index contributed by atoms with van der Waals surface area (Å²) in [5.41, 5.74) is 6.97. The molecule has 1 aliphatic rings. The third-order valence-electron chi connectivity index (χ3n) is 3.77. The number of methoxy groups -OCH3 is 1. The summed E-state index contributed by atoms with van der Waals surface area (Å²) in [6, 6.07) is 8.68. The minimum Gasteiger partial charge on any atom is -0.497 e. The largest absolute Gasteiger partial charge is 0.497 e. The van der Waals surface area contributed by atoms with E-state index in [-0.39, 0.29) is 0 Å². The van der Waals surface area contributed by atoms with E-state index in [2.05, 4.69) is 28.9 Å². The van der Waals surface area contributed by atoms with Gasteiger partial charge in [0.05, 0.1) is 7.11 Å². The fourth-order valence-corrected chi connectivity index (χ4v) is 2.61. The molecule has 0 radical (unpaired) electrons. The normalized spacial score (nSPS) is 18.1. The van der Waals surface area contributed by atoms with E-state index < -0.39 is 0 Å². The maximum absolute atomic E-state index is 5.66. The number of thiocarbonyl (C=S) groups is 1.